The fourth-order valence-corrected chi connectivity index (χ4v) is 1.66. The minimum absolute atomic E-state index is 0.0652. The van der Waals surface area contributed by atoms with Gasteiger partial charge in [0.2, 0.25) is 0 Å². The lowest BCUT2D eigenvalue weighted by atomic mass is 10.2. The number of pyridine rings is 1. The standard InChI is InChI=1S/C10H9N3O4/c1-12-7-6(8(14)13(2)10(12)17)5(9(15)16)3-4-11-7/h3-4H,1-2H3,(H,15,16). The number of carboxylic acid groups (broad SMARTS) is 1. The summed E-state index contributed by atoms with van der Waals surface area (Å²) >= 11 is 0. The van der Waals surface area contributed by atoms with Crippen molar-refractivity contribution in [3.63, 3.8) is 0 Å². The minimum Gasteiger partial charge on any atom is -0.478 e. The van der Waals surface area contributed by atoms with Crippen LogP contribution in [-0.4, -0.2) is 25.2 Å². The third-order valence-corrected chi connectivity index (χ3v) is 2.57. The molecule has 7 nitrogen and oxygen atoms in total. The van der Waals surface area contributed by atoms with Crippen LogP contribution < -0.4 is 11.2 Å². The second-order valence-corrected chi connectivity index (χ2v) is 3.57. The molecule has 0 saturated heterocycles. The van der Waals surface area contributed by atoms with Crippen molar-refractivity contribution >= 4 is 17.0 Å². The highest BCUT2D eigenvalue weighted by Crippen LogP contribution is 2.10. The minimum atomic E-state index is -1.23. The number of nitrogens with zero attached hydrogens (tertiary/aromatic N) is 3. The van der Waals surface area contributed by atoms with Crippen molar-refractivity contribution in [2.45, 2.75) is 0 Å². The number of carbonyl (C=O) groups is 1. The topological polar surface area (TPSA) is 94.2 Å². The molecule has 0 saturated carbocycles. The molecule has 2 aromatic rings. The van der Waals surface area contributed by atoms with Gasteiger partial charge in [-0.25, -0.2) is 14.6 Å². The van der Waals surface area contributed by atoms with Crippen LogP contribution in [0.2, 0.25) is 0 Å². The van der Waals surface area contributed by atoms with E-state index >= 15 is 0 Å². The maximum atomic E-state index is 11.9. The Kier molecular flexibility index (Phi) is 2.31. The zero-order chi connectivity index (χ0) is 12.7. The Morgan fingerprint density at radius 3 is 2.53 bits per heavy atom. The summed E-state index contributed by atoms with van der Waals surface area (Å²) in [5.41, 5.74) is -1.30. The first-order valence-electron chi connectivity index (χ1n) is 4.73. The summed E-state index contributed by atoms with van der Waals surface area (Å²) in [4.78, 5) is 38.4. The monoisotopic (exact) mass is 235 g/mol. The van der Waals surface area contributed by atoms with Crippen molar-refractivity contribution in [3.8, 4) is 0 Å². The van der Waals surface area contributed by atoms with Gasteiger partial charge in [0.05, 0.1) is 10.9 Å². The van der Waals surface area contributed by atoms with Crippen LogP contribution >= 0.6 is 0 Å². The zero-order valence-corrected chi connectivity index (χ0v) is 9.17. The molecule has 2 heterocycles. The van der Waals surface area contributed by atoms with Gasteiger partial charge in [0.15, 0.2) is 0 Å². The number of aromatic nitrogens is 3. The summed E-state index contributed by atoms with van der Waals surface area (Å²) in [6.45, 7) is 0. The van der Waals surface area contributed by atoms with Crippen LogP contribution in [0.3, 0.4) is 0 Å². The van der Waals surface area contributed by atoms with E-state index in [1.807, 2.05) is 0 Å². The summed E-state index contributed by atoms with van der Waals surface area (Å²) in [7, 11) is 2.73. The van der Waals surface area contributed by atoms with E-state index in [0.29, 0.717) is 0 Å². The first-order chi connectivity index (χ1) is 7.95. The number of aromatic carboxylic acids is 1. The van der Waals surface area contributed by atoms with Gasteiger partial charge >= 0.3 is 11.7 Å². The van der Waals surface area contributed by atoms with Crippen LogP contribution in [0.15, 0.2) is 21.9 Å². The number of hydrogen-bond acceptors (Lipinski definition) is 4. The van der Waals surface area contributed by atoms with Crippen molar-refractivity contribution in [1.82, 2.24) is 14.1 Å². The highest BCUT2D eigenvalue weighted by atomic mass is 16.4. The molecular formula is C10H9N3O4. The van der Waals surface area contributed by atoms with Crippen LogP contribution in [0.4, 0.5) is 0 Å². The molecule has 0 aliphatic heterocycles. The van der Waals surface area contributed by atoms with E-state index in [1.165, 1.54) is 26.4 Å². The normalized spacial score (nSPS) is 10.7. The average Bonchev–Trinajstić information content (AvgIpc) is 2.32. The molecule has 0 atom stereocenters. The van der Waals surface area contributed by atoms with E-state index < -0.39 is 17.2 Å². The van der Waals surface area contributed by atoms with E-state index in [-0.39, 0.29) is 16.6 Å². The Labute approximate surface area is 94.6 Å². The molecule has 0 fully saturated rings. The van der Waals surface area contributed by atoms with Crippen LogP contribution in [0.1, 0.15) is 10.4 Å². The number of aryl methyl sites for hydroxylation is 1. The average molecular weight is 235 g/mol. The van der Waals surface area contributed by atoms with Gasteiger partial charge in [0, 0.05) is 20.3 Å². The Hall–Kier alpha value is -2.44. The number of rotatable bonds is 1. The number of hydrogen-bond donors (Lipinski definition) is 1. The first-order valence-corrected chi connectivity index (χ1v) is 4.73. The molecule has 1 N–H and O–H groups in total. The van der Waals surface area contributed by atoms with Gasteiger partial charge in [-0.2, -0.15) is 0 Å². The van der Waals surface area contributed by atoms with Crippen molar-refractivity contribution in [3.05, 3.63) is 38.7 Å². The van der Waals surface area contributed by atoms with Gasteiger partial charge < -0.3 is 5.11 Å². The second kappa shape index (κ2) is 3.55. The molecule has 0 radical (unpaired) electrons. The molecule has 0 bridgehead atoms. The largest absolute Gasteiger partial charge is 0.478 e. The third kappa shape index (κ3) is 1.43. The maximum Gasteiger partial charge on any atom is 0.336 e. The van der Waals surface area contributed by atoms with E-state index in [4.69, 9.17) is 5.11 Å². The predicted molar refractivity (Wildman–Crippen MR) is 59.2 cm³/mol. The van der Waals surface area contributed by atoms with E-state index in [9.17, 15) is 14.4 Å². The molecule has 0 spiro atoms. The van der Waals surface area contributed by atoms with E-state index in [1.54, 1.807) is 0 Å². The summed E-state index contributed by atoms with van der Waals surface area (Å²) in [6.07, 6.45) is 1.25. The van der Waals surface area contributed by atoms with Gasteiger partial charge in [-0.1, -0.05) is 0 Å². The number of carboxylic acids is 1. The zero-order valence-electron chi connectivity index (χ0n) is 9.17. The lowest BCUT2D eigenvalue weighted by molar-refractivity contribution is 0.0699. The Bertz CT molecular complexity index is 742. The Morgan fingerprint density at radius 2 is 1.94 bits per heavy atom. The maximum absolute atomic E-state index is 11.9. The van der Waals surface area contributed by atoms with Crippen LogP contribution in [-0.2, 0) is 14.1 Å². The fraction of sp³-hybridized carbons (Fsp3) is 0.200. The summed E-state index contributed by atoms with van der Waals surface area (Å²) < 4.78 is 2.00. The number of fused-ring (bicyclic) bond motifs is 1. The van der Waals surface area contributed by atoms with Crippen molar-refractivity contribution in [2.24, 2.45) is 14.1 Å². The molecule has 17 heavy (non-hydrogen) atoms. The van der Waals surface area contributed by atoms with Gasteiger partial charge in [-0.05, 0) is 6.07 Å². The first kappa shape index (κ1) is 11.1. The predicted octanol–water partition coefficient (Wildman–Crippen LogP) is -0.670. The molecule has 7 heteroatoms. The van der Waals surface area contributed by atoms with Crippen molar-refractivity contribution < 1.29 is 9.90 Å². The van der Waals surface area contributed by atoms with Crippen molar-refractivity contribution in [2.75, 3.05) is 0 Å². The SMILES string of the molecule is Cn1c(=O)c2c(C(=O)O)ccnc2n(C)c1=O. The van der Waals surface area contributed by atoms with E-state index in [0.717, 1.165) is 9.13 Å². The van der Waals surface area contributed by atoms with Crippen LogP contribution in [0.5, 0.6) is 0 Å². The summed E-state index contributed by atoms with van der Waals surface area (Å²) in [5, 5.41) is 8.93. The fourth-order valence-electron chi connectivity index (χ4n) is 1.66. The lowest BCUT2D eigenvalue weighted by Gasteiger charge is -2.07. The Balaban J connectivity index is 3.18. The summed E-state index contributed by atoms with van der Waals surface area (Å²) in [5.74, 6) is -1.23. The molecule has 0 unspecified atom stereocenters. The molecule has 0 aliphatic rings. The van der Waals surface area contributed by atoms with Crippen LogP contribution in [0.25, 0.3) is 11.0 Å². The Morgan fingerprint density at radius 1 is 1.29 bits per heavy atom. The molecule has 0 aliphatic carbocycles. The molecule has 2 rings (SSSR count). The molecule has 0 amide bonds. The van der Waals surface area contributed by atoms with Gasteiger partial charge in [-0.3, -0.25) is 13.9 Å². The summed E-state index contributed by atoms with van der Waals surface area (Å²) in [6, 6.07) is 1.23. The molecule has 88 valence electrons. The second-order valence-electron chi connectivity index (χ2n) is 3.57. The van der Waals surface area contributed by atoms with Gasteiger partial charge in [0.1, 0.15) is 5.65 Å². The highest BCUT2D eigenvalue weighted by Gasteiger charge is 2.16. The van der Waals surface area contributed by atoms with E-state index in [2.05, 4.69) is 4.98 Å². The quantitative estimate of drug-likeness (QED) is 0.707. The van der Waals surface area contributed by atoms with Crippen molar-refractivity contribution in [1.29, 1.82) is 0 Å². The van der Waals surface area contributed by atoms with Crippen LogP contribution in [0, 0.1) is 0 Å². The highest BCUT2D eigenvalue weighted by molar-refractivity contribution is 6.00. The third-order valence-electron chi connectivity index (χ3n) is 2.57. The molecular weight excluding hydrogens is 226 g/mol. The molecule has 0 aromatic carbocycles. The smallest absolute Gasteiger partial charge is 0.336 e. The van der Waals surface area contributed by atoms with Gasteiger partial charge in [-0.15, -0.1) is 0 Å². The van der Waals surface area contributed by atoms with Gasteiger partial charge in [0.25, 0.3) is 5.56 Å². The lowest BCUT2D eigenvalue weighted by Crippen LogP contribution is -2.38. The molecule has 2 aromatic heterocycles.